The number of hydrogen-bond donors (Lipinski definition) is 0. The summed E-state index contributed by atoms with van der Waals surface area (Å²) in [5.74, 6) is -0.951. The van der Waals surface area contributed by atoms with E-state index in [2.05, 4.69) is 0 Å². The molecule has 3 aromatic carbocycles. The number of cyclic esters (lactones) is 1. The Labute approximate surface area is 180 Å². The largest absolute Gasteiger partial charge is 0.447 e. The molecule has 0 radical (unpaired) electrons. The van der Waals surface area contributed by atoms with Crippen LogP contribution in [0.3, 0.4) is 0 Å². The van der Waals surface area contributed by atoms with Gasteiger partial charge in [-0.3, -0.25) is 9.80 Å². The number of benzene rings is 3. The van der Waals surface area contributed by atoms with Crippen molar-refractivity contribution in [2.24, 2.45) is 11.0 Å². The first-order valence-electron chi connectivity index (χ1n) is 10.3. The first kappa shape index (κ1) is 19.1. The van der Waals surface area contributed by atoms with E-state index >= 15 is 0 Å². The molecule has 0 spiro atoms. The summed E-state index contributed by atoms with van der Waals surface area (Å²) in [6.45, 7) is 0.469. The van der Waals surface area contributed by atoms with E-state index < -0.39 is 12.0 Å². The van der Waals surface area contributed by atoms with Gasteiger partial charge in [0, 0.05) is 0 Å². The summed E-state index contributed by atoms with van der Waals surface area (Å²) in [7, 11) is 0. The van der Waals surface area contributed by atoms with E-state index in [1.54, 1.807) is 0 Å². The summed E-state index contributed by atoms with van der Waals surface area (Å²) < 4.78 is 5.05. The van der Waals surface area contributed by atoms with E-state index in [1.807, 2.05) is 96.0 Å². The van der Waals surface area contributed by atoms with Gasteiger partial charge in [0.15, 0.2) is 0 Å². The highest BCUT2D eigenvalue weighted by molar-refractivity contribution is 6.17. The summed E-state index contributed by atoms with van der Waals surface area (Å²) in [6.07, 6.45) is -0.595. The number of hydrogen-bond acceptors (Lipinski definition) is 5. The molecule has 2 amide bonds. The first-order chi connectivity index (χ1) is 15.2. The molecule has 5 rings (SSSR count). The number of rotatable bonds is 4. The first-order valence-corrected chi connectivity index (χ1v) is 10.3. The minimum absolute atomic E-state index is 0.216. The molecule has 2 aliphatic heterocycles. The number of ether oxygens (including phenoxy) is 1. The maximum atomic E-state index is 13.7. The molecule has 1 saturated heterocycles. The van der Waals surface area contributed by atoms with E-state index in [4.69, 9.17) is 9.84 Å². The zero-order valence-electron chi connectivity index (χ0n) is 16.8. The zero-order chi connectivity index (χ0) is 21.2. The van der Waals surface area contributed by atoms with Crippen molar-refractivity contribution < 1.29 is 14.3 Å². The Morgan fingerprint density at radius 2 is 1.48 bits per heavy atom. The van der Waals surface area contributed by atoms with Crippen LogP contribution in [-0.2, 0) is 9.53 Å². The van der Waals surface area contributed by atoms with Crippen molar-refractivity contribution in [2.45, 2.75) is 6.04 Å². The van der Waals surface area contributed by atoms with Crippen LogP contribution >= 0.6 is 0 Å². The molecular formula is C25H21N3O3. The van der Waals surface area contributed by atoms with Crippen molar-refractivity contribution in [1.29, 1.82) is 0 Å². The van der Waals surface area contributed by atoms with Crippen LogP contribution in [0.5, 0.6) is 0 Å². The van der Waals surface area contributed by atoms with Crippen molar-refractivity contribution in [1.82, 2.24) is 4.90 Å². The van der Waals surface area contributed by atoms with Gasteiger partial charge in [0.05, 0.1) is 24.0 Å². The Balaban J connectivity index is 1.67. The van der Waals surface area contributed by atoms with Gasteiger partial charge in [-0.1, -0.05) is 78.9 Å². The fourth-order valence-electron chi connectivity index (χ4n) is 4.17. The van der Waals surface area contributed by atoms with Crippen LogP contribution in [0.4, 0.5) is 10.5 Å². The second-order valence-corrected chi connectivity index (χ2v) is 7.47. The second kappa shape index (κ2) is 8.07. The van der Waals surface area contributed by atoms with Crippen molar-refractivity contribution in [3.63, 3.8) is 0 Å². The van der Waals surface area contributed by atoms with Crippen molar-refractivity contribution in [3.05, 3.63) is 102 Å². The fourth-order valence-corrected chi connectivity index (χ4v) is 4.17. The van der Waals surface area contributed by atoms with E-state index in [-0.39, 0.29) is 25.1 Å². The Bertz CT molecular complexity index is 1120. The van der Waals surface area contributed by atoms with Gasteiger partial charge in [0.2, 0.25) is 5.91 Å². The Hall–Kier alpha value is -3.93. The number of nitrogens with zero attached hydrogens (tertiary/aromatic N) is 3. The smallest absolute Gasteiger partial charge is 0.416 e. The SMILES string of the molecule is O=C1OCCN1C(=O)[C@@H]1C(c2ccccc2)=NN(c2ccccc2)[C@H]1c1ccccc1. The number of anilines is 1. The predicted molar refractivity (Wildman–Crippen MR) is 118 cm³/mol. The number of para-hydroxylation sites is 1. The maximum absolute atomic E-state index is 13.7. The lowest BCUT2D eigenvalue weighted by molar-refractivity contribution is -0.130. The van der Waals surface area contributed by atoms with Gasteiger partial charge in [-0.15, -0.1) is 0 Å². The number of imide groups is 1. The molecule has 2 atom stereocenters. The molecule has 2 aliphatic rings. The van der Waals surface area contributed by atoms with E-state index in [1.165, 1.54) is 4.90 Å². The Morgan fingerprint density at radius 1 is 0.871 bits per heavy atom. The molecule has 2 heterocycles. The molecule has 0 N–H and O–H groups in total. The van der Waals surface area contributed by atoms with Gasteiger partial charge in [-0.05, 0) is 23.3 Å². The van der Waals surface area contributed by atoms with Crippen LogP contribution in [0.1, 0.15) is 17.2 Å². The summed E-state index contributed by atoms with van der Waals surface area (Å²) in [5.41, 5.74) is 3.33. The number of carbonyl (C=O) groups excluding carboxylic acids is 2. The van der Waals surface area contributed by atoms with Gasteiger partial charge in [0.25, 0.3) is 0 Å². The van der Waals surface area contributed by atoms with Gasteiger partial charge < -0.3 is 4.74 Å². The van der Waals surface area contributed by atoms with Crippen LogP contribution in [0.25, 0.3) is 0 Å². The minimum Gasteiger partial charge on any atom is -0.447 e. The average Bonchev–Trinajstić information content (AvgIpc) is 3.44. The molecule has 3 aromatic rings. The summed E-state index contributed by atoms with van der Waals surface area (Å²) in [5, 5.41) is 6.83. The second-order valence-electron chi connectivity index (χ2n) is 7.47. The number of amides is 2. The summed E-state index contributed by atoms with van der Waals surface area (Å²) in [6, 6.07) is 28.9. The summed E-state index contributed by atoms with van der Waals surface area (Å²) in [4.78, 5) is 27.2. The van der Waals surface area contributed by atoms with Crippen molar-refractivity contribution in [3.8, 4) is 0 Å². The van der Waals surface area contributed by atoms with E-state index in [9.17, 15) is 9.59 Å². The molecular weight excluding hydrogens is 390 g/mol. The van der Waals surface area contributed by atoms with Gasteiger partial charge in [0.1, 0.15) is 12.5 Å². The number of hydrazone groups is 1. The minimum atomic E-state index is -0.657. The van der Waals surface area contributed by atoms with Gasteiger partial charge >= 0.3 is 6.09 Å². The molecule has 0 saturated carbocycles. The third-order valence-corrected chi connectivity index (χ3v) is 5.61. The van der Waals surface area contributed by atoms with Crippen LogP contribution in [0, 0.1) is 5.92 Å². The lowest BCUT2D eigenvalue weighted by Crippen LogP contribution is -2.42. The molecule has 0 aliphatic carbocycles. The van der Waals surface area contributed by atoms with Crippen molar-refractivity contribution in [2.75, 3.05) is 18.2 Å². The summed E-state index contributed by atoms with van der Waals surface area (Å²) >= 11 is 0. The average molecular weight is 411 g/mol. The fraction of sp³-hybridized carbons (Fsp3) is 0.160. The highest BCUT2D eigenvalue weighted by Gasteiger charge is 2.47. The number of carbonyl (C=O) groups is 2. The highest BCUT2D eigenvalue weighted by Crippen LogP contribution is 2.41. The zero-order valence-corrected chi connectivity index (χ0v) is 16.8. The van der Waals surface area contributed by atoms with Crippen LogP contribution in [-0.4, -0.2) is 35.8 Å². The normalized spacial score (nSPS) is 20.5. The predicted octanol–water partition coefficient (Wildman–Crippen LogP) is 4.25. The van der Waals surface area contributed by atoms with Gasteiger partial charge in [-0.25, -0.2) is 9.69 Å². The molecule has 31 heavy (non-hydrogen) atoms. The lowest BCUT2D eigenvalue weighted by atomic mass is 9.85. The molecule has 0 aromatic heterocycles. The maximum Gasteiger partial charge on any atom is 0.416 e. The Morgan fingerprint density at radius 3 is 2.10 bits per heavy atom. The monoisotopic (exact) mass is 411 g/mol. The topological polar surface area (TPSA) is 62.2 Å². The Kier molecular flexibility index (Phi) is 4.96. The van der Waals surface area contributed by atoms with Crippen molar-refractivity contribution >= 4 is 23.4 Å². The molecule has 6 nitrogen and oxygen atoms in total. The molecule has 154 valence electrons. The van der Waals surface area contributed by atoms with Crippen LogP contribution in [0.15, 0.2) is 96.1 Å². The van der Waals surface area contributed by atoms with Crippen LogP contribution in [0.2, 0.25) is 0 Å². The molecule has 0 unspecified atom stereocenters. The lowest BCUT2D eigenvalue weighted by Gasteiger charge is -2.29. The third kappa shape index (κ3) is 3.46. The van der Waals surface area contributed by atoms with E-state index in [0.717, 1.165) is 16.8 Å². The standard InChI is InChI=1S/C25H21N3O3/c29-24(27-16-17-31-25(27)30)21-22(18-10-4-1-5-11-18)26-28(20-14-8-3-9-15-20)23(21)19-12-6-2-7-13-19/h1-15,21,23H,16-17H2/t21-,23+/m1/s1. The van der Waals surface area contributed by atoms with Gasteiger partial charge in [-0.2, -0.15) is 5.10 Å². The third-order valence-electron chi connectivity index (χ3n) is 5.61. The molecule has 6 heteroatoms. The highest BCUT2D eigenvalue weighted by atomic mass is 16.6. The van der Waals surface area contributed by atoms with Crippen LogP contribution < -0.4 is 5.01 Å². The quantitative estimate of drug-likeness (QED) is 0.644. The molecule has 1 fully saturated rings. The molecule has 0 bridgehead atoms. The van der Waals surface area contributed by atoms with E-state index in [0.29, 0.717) is 5.71 Å².